The van der Waals surface area contributed by atoms with Crippen LogP contribution in [-0.2, 0) is 18.0 Å². The van der Waals surface area contributed by atoms with Gasteiger partial charge in [-0.1, -0.05) is 24.3 Å². The Kier molecular flexibility index (Phi) is 4.74. The molecule has 2 aromatic carbocycles. The van der Waals surface area contributed by atoms with E-state index in [9.17, 15) is 4.79 Å². The molecule has 0 aliphatic carbocycles. The fourth-order valence-corrected chi connectivity index (χ4v) is 1.75. The highest BCUT2D eigenvalue weighted by Gasteiger charge is 2.02. The van der Waals surface area contributed by atoms with Gasteiger partial charge in [-0.25, -0.2) is 4.79 Å². The van der Waals surface area contributed by atoms with Crippen LogP contribution in [0.25, 0.3) is 0 Å². The van der Waals surface area contributed by atoms with Crippen molar-refractivity contribution in [1.82, 2.24) is 0 Å². The van der Waals surface area contributed by atoms with E-state index in [2.05, 4.69) is 0 Å². The molecule has 0 aromatic heterocycles. The Morgan fingerprint density at radius 2 is 1.45 bits per heavy atom. The van der Waals surface area contributed by atoms with Crippen LogP contribution < -0.4 is 4.74 Å². The van der Waals surface area contributed by atoms with Gasteiger partial charge in [-0.15, -0.1) is 0 Å². The van der Waals surface area contributed by atoms with Crippen molar-refractivity contribution in [2.24, 2.45) is 0 Å². The lowest BCUT2D eigenvalue weighted by Crippen LogP contribution is -1.98. The predicted octanol–water partition coefficient (Wildman–Crippen LogP) is 3.11. The van der Waals surface area contributed by atoms with Gasteiger partial charge in [0.15, 0.2) is 0 Å². The molecular formula is C16H16O4. The topological polar surface area (TPSA) is 55.8 Å². The summed E-state index contributed by atoms with van der Waals surface area (Å²) in [5.41, 5.74) is 2.29. The minimum atomic E-state index is -0.921. The van der Waals surface area contributed by atoms with Crippen LogP contribution in [0.3, 0.4) is 0 Å². The molecule has 0 spiro atoms. The van der Waals surface area contributed by atoms with Gasteiger partial charge in [-0.05, 0) is 35.4 Å². The average molecular weight is 272 g/mol. The Morgan fingerprint density at radius 3 is 1.90 bits per heavy atom. The molecule has 0 saturated carbocycles. The molecular weight excluding hydrogens is 256 g/mol. The summed E-state index contributed by atoms with van der Waals surface area (Å²) in [6.45, 7) is 0.955. The quantitative estimate of drug-likeness (QED) is 0.877. The van der Waals surface area contributed by atoms with Crippen LogP contribution in [0, 0.1) is 0 Å². The Balaban J connectivity index is 1.84. The predicted molar refractivity (Wildman–Crippen MR) is 74.9 cm³/mol. The number of methoxy groups -OCH3 is 1. The maximum Gasteiger partial charge on any atom is 0.335 e. The lowest BCUT2D eigenvalue weighted by molar-refractivity contribution is 0.0696. The van der Waals surface area contributed by atoms with Crippen LogP contribution in [0.2, 0.25) is 0 Å². The zero-order valence-electron chi connectivity index (χ0n) is 11.2. The first-order valence-electron chi connectivity index (χ1n) is 6.22. The second-order valence-electron chi connectivity index (χ2n) is 4.34. The van der Waals surface area contributed by atoms with Gasteiger partial charge in [-0.2, -0.15) is 0 Å². The van der Waals surface area contributed by atoms with Gasteiger partial charge in [0.05, 0.1) is 25.9 Å². The van der Waals surface area contributed by atoms with E-state index in [0.29, 0.717) is 13.2 Å². The summed E-state index contributed by atoms with van der Waals surface area (Å²) in [7, 11) is 1.63. The van der Waals surface area contributed by atoms with Gasteiger partial charge in [0.2, 0.25) is 0 Å². The normalized spacial score (nSPS) is 10.2. The second-order valence-corrected chi connectivity index (χ2v) is 4.34. The van der Waals surface area contributed by atoms with Gasteiger partial charge in [0.1, 0.15) is 5.75 Å². The van der Waals surface area contributed by atoms with Crippen LogP contribution >= 0.6 is 0 Å². The molecule has 0 radical (unpaired) electrons. The summed E-state index contributed by atoms with van der Waals surface area (Å²) >= 11 is 0. The number of carboxylic acids is 1. The van der Waals surface area contributed by atoms with Gasteiger partial charge in [0.25, 0.3) is 0 Å². The van der Waals surface area contributed by atoms with Crippen molar-refractivity contribution in [3.63, 3.8) is 0 Å². The van der Waals surface area contributed by atoms with Crippen molar-refractivity contribution in [2.45, 2.75) is 13.2 Å². The monoisotopic (exact) mass is 272 g/mol. The lowest BCUT2D eigenvalue weighted by atomic mass is 10.1. The molecule has 0 saturated heterocycles. The molecule has 0 aliphatic rings. The van der Waals surface area contributed by atoms with Crippen molar-refractivity contribution in [3.8, 4) is 5.75 Å². The molecule has 0 unspecified atom stereocenters. The Morgan fingerprint density at radius 1 is 0.950 bits per heavy atom. The van der Waals surface area contributed by atoms with Gasteiger partial charge < -0.3 is 14.6 Å². The van der Waals surface area contributed by atoms with Crippen LogP contribution in [0.15, 0.2) is 48.5 Å². The molecule has 4 heteroatoms. The van der Waals surface area contributed by atoms with Crippen LogP contribution in [0.4, 0.5) is 0 Å². The van der Waals surface area contributed by atoms with Crippen LogP contribution in [0.5, 0.6) is 5.75 Å². The largest absolute Gasteiger partial charge is 0.497 e. The van der Waals surface area contributed by atoms with Crippen LogP contribution in [-0.4, -0.2) is 18.2 Å². The fraction of sp³-hybridized carbons (Fsp3) is 0.188. The van der Waals surface area contributed by atoms with E-state index in [1.165, 1.54) is 0 Å². The highest BCUT2D eigenvalue weighted by Crippen LogP contribution is 2.13. The highest BCUT2D eigenvalue weighted by atomic mass is 16.5. The van der Waals surface area contributed by atoms with Crippen molar-refractivity contribution >= 4 is 5.97 Å². The van der Waals surface area contributed by atoms with Crippen molar-refractivity contribution < 1.29 is 19.4 Å². The summed E-state index contributed by atoms with van der Waals surface area (Å²) in [5.74, 6) is -0.103. The van der Waals surface area contributed by atoms with E-state index in [1.807, 2.05) is 24.3 Å². The third-order valence-corrected chi connectivity index (χ3v) is 2.90. The van der Waals surface area contributed by atoms with E-state index < -0.39 is 5.97 Å². The van der Waals surface area contributed by atoms with E-state index in [1.54, 1.807) is 31.4 Å². The first-order valence-corrected chi connectivity index (χ1v) is 6.22. The number of hydrogen-bond acceptors (Lipinski definition) is 3. The van der Waals surface area contributed by atoms with E-state index in [0.717, 1.165) is 16.9 Å². The van der Waals surface area contributed by atoms with Crippen LogP contribution in [0.1, 0.15) is 21.5 Å². The zero-order valence-corrected chi connectivity index (χ0v) is 11.2. The molecule has 1 N–H and O–H groups in total. The van der Waals surface area contributed by atoms with Crippen molar-refractivity contribution in [1.29, 1.82) is 0 Å². The first kappa shape index (κ1) is 14.1. The maximum absolute atomic E-state index is 10.7. The molecule has 20 heavy (non-hydrogen) atoms. The number of carboxylic acid groups (broad SMARTS) is 1. The third kappa shape index (κ3) is 3.83. The number of aromatic carboxylic acids is 1. The summed E-state index contributed by atoms with van der Waals surface area (Å²) < 4.78 is 10.7. The molecule has 4 nitrogen and oxygen atoms in total. The zero-order chi connectivity index (χ0) is 14.4. The molecule has 0 atom stereocenters. The summed E-state index contributed by atoms with van der Waals surface area (Å²) in [6.07, 6.45) is 0. The highest BCUT2D eigenvalue weighted by molar-refractivity contribution is 5.87. The second kappa shape index (κ2) is 6.73. The molecule has 0 aliphatic heterocycles. The first-order chi connectivity index (χ1) is 9.69. The molecule has 0 bridgehead atoms. The summed E-state index contributed by atoms with van der Waals surface area (Å²) in [5, 5.41) is 8.80. The number of benzene rings is 2. The summed E-state index contributed by atoms with van der Waals surface area (Å²) in [4.78, 5) is 10.7. The van der Waals surface area contributed by atoms with Gasteiger partial charge in [-0.3, -0.25) is 0 Å². The lowest BCUT2D eigenvalue weighted by Gasteiger charge is -2.06. The van der Waals surface area contributed by atoms with E-state index >= 15 is 0 Å². The molecule has 0 heterocycles. The Labute approximate surface area is 117 Å². The standard InChI is InChI=1S/C16H16O4/c1-19-15-8-4-13(5-9-15)11-20-10-12-2-6-14(7-3-12)16(17)18/h2-9H,10-11H2,1H3,(H,17,18). The SMILES string of the molecule is COc1ccc(COCc2ccc(C(=O)O)cc2)cc1. The molecule has 2 aromatic rings. The molecule has 0 fully saturated rings. The Bertz CT molecular complexity index is 558. The number of carbonyl (C=O) groups is 1. The van der Waals surface area contributed by atoms with E-state index in [4.69, 9.17) is 14.6 Å². The maximum atomic E-state index is 10.7. The molecule has 104 valence electrons. The smallest absolute Gasteiger partial charge is 0.335 e. The van der Waals surface area contributed by atoms with Gasteiger partial charge in [0, 0.05) is 0 Å². The number of rotatable bonds is 6. The average Bonchev–Trinajstić information content (AvgIpc) is 2.48. The summed E-state index contributed by atoms with van der Waals surface area (Å²) in [6, 6.07) is 14.4. The third-order valence-electron chi connectivity index (χ3n) is 2.90. The molecule has 0 amide bonds. The molecule has 2 rings (SSSR count). The number of ether oxygens (including phenoxy) is 2. The van der Waals surface area contributed by atoms with Crippen molar-refractivity contribution in [2.75, 3.05) is 7.11 Å². The minimum absolute atomic E-state index is 0.281. The fourth-order valence-electron chi connectivity index (χ4n) is 1.75. The van der Waals surface area contributed by atoms with Crippen molar-refractivity contribution in [3.05, 3.63) is 65.2 Å². The number of hydrogen-bond donors (Lipinski definition) is 1. The van der Waals surface area contributed by atoms with Gasteiger partial charge >= 0.3 is 5.97 Å². The van der Waals surface area contributed by atoms with E-state index in [-0.39, 0.29) is 5.56 Å². The Hall–Kier alpha value is -2.33. The minimum Gasteiger partial charge on any atom is -0.497 e.